The largest absolute Gasteiger partial charge is 0.494 e. The maximum Gasteiger partial charge on any atom is 0.433 e. The van der Waals surface area contributed by atoms with Gasteiger partial charge in [-0.2, -0.15) is 18.1 Å². The molecule has 0 unspecified atom stereocenters. The summed E-state index contributed by atoms with van der Waals surface area (Å²) in [5, 5.41) is 8.08. The number of fused-ring (bicyclic) bond motifs is 1. The third kappa shape index (κ3) is 4.91. The molecule has 0 fully saturated rings. The van der Waals surface area contributed by atoms with Gasteiger partial charge in [-0.05, 0) is 24.3 Å². The molecule has 11 nitrogen and oxygen atoms in total. The second-order valence-corrected chi connectivity index (χ2v) is 6.84. The van der Waals surface area contributed by atoms with Gasteiger partial charge in [0.05, 0.1) is 20.2 Å². The summed E-state index contributed by atoms with van der Waals surface area (Å²) < 4.78 is 50.3. The normalized spacial score (nSPS) is 11.3. The van der Waals surface area contributed by atoms with Crippen molar-refractivity contribution < 1.29 is 37.3 Å². The minimum absolute atomic E-state index is 0.00269. The number of hydrogen-bond acceptors (Lipinski definition) is 7. The van der Waals surface area contributed by atoms with Gasteiger partial charge in [-0.15, -0.1) is 0 Å². The highest BCUT2D eigenvalue weighted by Crippen LogP contribution is 2.36. The molecule has 34 heavy (non-hydrogen) atoms. The van der Waals surface area contributed by atoms with Gasteiger partial charge in [-0.3, -0.25) is 10.2 Å². The fraction of sp³-hybridized carbons (Fsp3) is 0.250. The number of alkyl halides is 3. The van der Waals surface area contributed by atoms with Crippen LogP contribution >= 0.6 is 0 Å². The first-order chi connectivity index (χ1) is 16.1. The number of hydrogen-bond donors (Lipinski definition) is 4. The third-order valence-electron chi connectivity index (χ3n) is 4.76. The molecule has 1 aromatic carbocycles. The Hall–Kier alpha value is -4.20. The van der Waals surface area contributed by atoms with Crippen LogP contribution in [0.3, 0.4) is 0 Å². The Labute approximate surface area is 190 Å². The lowest BCUT2D eigenvalue weighted by Crippen LogP contribution is -2.48. The molecule has 0 radical (unpaired) electrons. The number of oxazole rings is 1. The van der Waals surface area contributed by atoms with Crippen molar-refractivity contribution in [2.75, 3.05) is 20.2 Å². The number of aromatic nitrogens is 2. The van der Waals surface area contributed by atoms with Gasteiger partial charge in [0.2, 0.25) is 12.2 Å². The molecule has 0 bridgehead atoms. The highest BCUT2D eigenvalue weighted by Gasteiger charge is 2.33. The van der Waals surface area contributed by atoms with Gasteiger partial charge < -0.3 is 25.9 Å². The number of primary amides is 1. The molecule has 0 saturated heterocycles. The Kier molecular flexibility index (Phi) is 7.00. The van der Waals surface area contributed by atoms with Crippen molar-refractivity contribution in [3.8, 4) is 17.2 Å². The second kappa shape index (κ2) is 9.74. The number of amides is 3. The number of pyridine rings is 1. The number of ether oxygens (including phenoxy) is 1. The van der Waals surface area contributed by atoms with Gasteiger partial charge in [0, 0.05) is 10.9 Å². The van der Waals surface area contributed by atoms with Crippen molar-refractivity contribution >= 4 is 29.2 Å². The molecule has 0 spiro atoms. The minimum atomic E-state index is -4.65. The van der Waals surface area contributed by atoms with Crippen molar-refractivity contribution in [3.05, 3.63) is 41.4 Å². The first kappa shape index (κ1) is 24.4. The fourth-order valence-electron chi connectivity index (χ4n) is 3.12. The van der Waals surface area contributed by atoms with Gasteiger partial charge in [-0.25, -0.2) is 14.8 Å². The summed E-state index contributed by atoms with van der Waals surface area (Å²) in [4.78, 5) is 32.6. The van der Waals surface area contributed by atoms with E-state index in [4.69, 9.17) is 26.0 Å². The van der Waals surface area contributed by atoms with Gasteiger partial charge >= 0.3 is 12.2 Å². The zero-order valence-corrected chi connectivity index (χ0v) is 17.8. The molecule has 2 aromatic heterocycles. The second-order valence-electron chi connectivity index (χ2n) is 6.84. The number of carbonyl (C=O) groups is 2. The molecular weight excluding hydrogens is 459 g/mol. The summed E-state index contributed by atoms with van der Waals surface area (Å²) in [6.07, 6.45) is -3.68. The van der Waals surface area contributed by atoms with Crippen molar-refractivity contribution in [2.45, 2.75) is 12.7 Å². The fourth-order valence-corrected chi connectivity index (χ4v) is 3.12. The van der Waals surface area contributed by atoms with Crippen molar-refractivity contribution in [1.82, 2.24) is 20.2 Å². The van der Waals surface area contributed by atoms with E-state index in [1.807, 2.05) is 0 Å². The maximum absolute atomic E-state index is 13.2. The van der Waals surface area contributed by atoms with Crippen LogP contribution in [0.1, 0.15) is 21.9 Å². The summed E-state index contributed by atoms with van der Waals surface area (Å²) in [6, 6.07) is 4.18. The molecule has 0 atom stereocenters. The summed E-state index contributed by atoms with van der Waals surface area (Å²) in [5.41, 5.74) is 9.82. The molecule has 0 aliphatic heterocycles. The first-order valence-corrected chi connectivity index (χ1v) is 9.75. The predicted octanol–water partition coefficient (Wildman–Crippen LogP) is 0.274. The highest BCUT2D eigenvalue weighted by molar-refractivity contribution is 5.98. The zero-order chi connectivity index (χ0) is 25.0. The maximum atomic E-state index is 13.2. The van der Waals surface area contributed by atoms with Gasteiger partial charge in [0.15, 0.2) is 11.5 Å². The van der Waals surface area contributed by atoms with Crippen molar-refractivity contribution in [1.29, 1.82) is 0 Å². The van der Waals surface area contributed by atoms with Crippen LogP contribution in [0, 0.1) is 0 Å². The first-order valence-electron chi connectivity index (χ1n) is 9.75. The van der Waals surface area contributed by atoms with Crippen LogP contribution in [0.25, 0.3) is 22.4 Å². The van der Waals surface area contributed by atoms with Crippen LogP contribution in [0.5, 0.6) is 5.75 Å². The zero-order valence-electron chi connectivity index (χ0n) is 17.8. The lowest BCUT2D eigenvalue weighted by molar-refractivity contribution is -0.141. The standard InChI is InChI=1S/C20H20F3N7O4/c1-33-12-4-2-11(10-3-5-14(20(21,22)23)28-15(10)12)18-29-16(13(8-24)34-18)17(31)27-6-7-30(9-25)19(26)32/h2-5,9,25H,6-8,24H2,1H3,(H2,26,32)(H,27,31)/p+1. The minimum Gasteiger partial charge on any atom is -0.494 e. The van der Waals surface area contributed by atoms with Crippen LogP contribution in [0.15, 0.2) is 28.7 Å². The number of halogens is 3. The van der Waals surface area contributed by atoms with Gasteiger partial charge in [0.1, 0.15) is 23.5 Å². The van der Waals surface area contributed by atoms with E-state index < -0.39 is 23.8 Å². The Morgan fingerprint density at radius 1 is 1.26 bits per heavy atom. The summed E-state index contributed by atoms with van der Waals surface area (Å²) in [6.45, 7) is -0.169. The number of nitrogens with zero attached hydrogens (tertiary/aromatic N) is 3. The number of methoxy groups -OCH3 is 1. The van der Waals surface area contributed by atoms with Crippen LogP contribution in [-0.4, -0.2) is 53.3 Å². The van der Waals surface area contributed by atoms with E-state index in [-0.39, 0.29) is 59.2 Å². The van der Waals surface area contributed by atoms with E-state index in [9.17, 15) is 22.8 Å². The number of urea groups is 1. The molecule has 3 amide bonds. The van der Waals surface area contributed by atoms with E-state index in [1.54, 1.807) is 0 Å². The molecule has 2 heterocycles. The highest BCUT2D eigenvalue weighted by atomic mass is 19.4. The lowest BCUT2D eigenvalue weighted by atomic mass is 10.1. The third-order valence-corrected chi connectivity index (χ3v) is 4.76. The van der Waals surface area contributed by atoms with E-state index in [0.717, 1.165) is 17.3 Å². The molecule has 180 valence electrons. The average Bonchev–Trinajstić information content (AvgIpc) is 3.24. The molecule has 7 N–H and O–H groups in total. The Morgan fingerprint density at radius 3 is 2.59 bits per heavy atom. The lowest BCUT2D eigenvalue weighted by Gasteiger charge is -2.11. The number of rotatable bonds is 8. The number of carbonyl (C=O) groups excluding carboxylic acids is 2. The number of benzene rings is 1. The smallest absolute Gasteiger partial charge is 0.433 e. The Balaban J connectivity index is 1.96. The monoisotopic (exact) mass is 480 g/mol. The molecule has 0 saturated carbocycles. The van der Waals surface area contributed by atoms with E-state index in [1.165, 1.54) is 25.3 Å². The van der Waals surface area contributed by atoms with Crippen molar-refractivity contribution in [3.63, 3.8) is 0 Å². The average molecular weight is 480 g/mol. The van der Waals surface area contributed by atoms with Gasteiger partial charge in [-0.1, -0.05) is 0 Å². The van der Waals surface area contributed by atoms with E-state index >= 15 is 0 Å². The van der Waals surface area contributed by atoms with E-state index in [0.29, 0.717) is 0 Å². The van der Waals surface area contributed by atoms with Crippen LogP contribution < -0.4 is 26.9 Å². The Bertz CT molecular complexity index is 1240. The predicted molar refractivity (Wildman–Crippen MR) is 113 cm³/mol. The van der Waals surface area contributed by atoms with Crippen LogP contribution in [-0.2, 0) is 12.7 Å². The molecular formula is C20H21F3N7O4+. The van der Waals surface area contributed by atoms with Gasteiger partial charge in [0.25, 0.3) is 5.91 Å². The summed E-state index contributed by atoms with van der Waals surface area (Å²) in [7, 11) is 1.30. The van der Waals surface area contributed by atoms with Crippen LogP contribution in [0.2, 0.25) is 0 Å². The topological polar surface area (TPSA) is 175 Å². The molecule has 3 rings (SSSR count). The molecule has 3 aromatic rings. The Morgan fingerprint density at radius 2 is 2.00 bits per heavy atom. The molecule has 14 heteroatoms. The van der Waals surface area contributed by atoms with E-state index in [2.05, 4.69) is 15.3 Å². The van der Waals surface area contributed by atoms with Crippen molar-refractivity contribution in [2.24, 2.45) is 11.5 Å². The summed E-state index contributed by atoms with van der Waals surface area (Å²) in [5.74, 6) is -0.529. The van der Waals surface area contributed by atoms with Crippen LogP contribution in [0.4, 0.5) is 18.0 Å². The summed E-state index contributed by atoms with van der Waals surface area (Å²) >= 11 is 0. The SMILES string of the molecule is COc1ccc(-c2nc(C(=O)NCCN(C=[NH2+])C(N)=O)c(CN)o2)c2ccc(C(F)(F)F)nc12. The molecule has 0 aliphatic carbocycles. The quantitative estimate of drug-likeness (QED) is 0.264. The molecule has 0 aliphatic rings. The number of nitrogens with one attached hydrogen (secondary N) is 1. The number of nitrogens with two attached hydrogens (primary N) is 3.